The molecule has 0 aliphatic carbocycles. The van der Waals surface area contributed by atoms with Crippen LogP contribution in [-0.2, 0) is 9.53 Å². The molecule has 2 saturated heterocycles. The van der Waals surface area contributed by atoms with Crippen molar-refractivity contribution in [3.8, 4) is 0 Å². The summed E-state index contributed by atoms with van der Waals surface area (Å²) in [6.07, 6.45) is 2.04. The third-order valence-corrected chi connectivity index (χ3v) is 3.74. The third kappa shape index (κ3) is 2.62. The van der Waals surface area contributed by atoms with E-state index in [1.807, 2.05) is 0 Å². The molecular formula is C12H22N2O2. The first-order chi connectivity index (χ1) is 7.68. The van der Waals surface area contributed by atoms with E-state index in [1.165, 1.54) is 0 Å². The SMILES string of the molecule is CN1CCN(C)C(C(=O)C2CCCOC2)C1. The predicted molar refractivity (Wildman–Crippen MR) is 62.5 cm³/mol. The van der Waals surface area contributed by atoms with Gasteiger partial charge in [-0.3, -0.25) is 9.69 Å². The number of piperazine rings is 1. The van der Waals surface area contributed by atoms with Crippen LogP contribution >= 0.6 is 0 Å². The van der Waals surface area contributed by atoms with Gasteiger partial charge >= 0.3 is 0 Å². The van der Waals surface area contributed by atoms with Crippen molar-refractivity contribution < 1.29 is 9.53 Å². The quantitative estimate of drug-likeness (QED) is 0.675. The molecule has 2 aliphatic heterocycles. The number of likely N-dealkylation sites (N-methyl/N-ethyl adjacent to an activating group) is 2. The first kappa shape index (κ1) is 12.0. The van der Waals surface area contributed by atoms with Crippen LogP contribution in [0.5, 0.6) is 0 Å². The minimum Gasteiger partial charge on any atom is -0.381 e. The van der Waals surface area contributed by atoms with Crippen LogP contribution in [0.15, 0.2) is 0 Å². The Labute approximate surface area is 97.5 Å². The minimum atomic E-state index is 0.0745. The van der Waals surface area contributed by atoms with Gasteiger partial charge in [0.2, 0.25) is 0 Å². The standard InChI is InChI=1S/C12H22N2O2/c1-13-5-6-14(2)11(8-13)12(15)10-4-3-7-16-9-10/h10-11H,3-9H2,1-2H3. The zero-order chi connectivity index (χ0) is 11.5. The number of hydrogen-bond acceptors (Lipinski definition) is 4. The van der Waals surface area contributed by atoms with Gasteiger partial charge in [0.1, 0.15) is 0 Å². The highest BCUT2D eigenvalue weighted by molar-refractivity contribution is 5.86. The topological polar surface area (TPSA) is 32.8 Å². The monoisotopic (exact) mass is 226 g/mol. The molecule has 2 fully saturated rings. The van der Waals surface area contributed by atoms with E-state index < -0.39 is 0 Å². The van der Waals surface area contributed by atoms with Crippen LogP contribution in [0, 0.1) is 5.92 Å². The number of ketones is 1. The van der Waals surface area contributed by atoms with Crippen molar-refractivity contribution in [1.29, 1.82) is 0 Å². The fourth-order valence-corrected chi connectivity index (χ4v) is 2.55. The van der Waals surface area contributed by atoms with Gasteiger partial charge in [0, 0.05) is 32.2 Å². The lowest BCUT2D eigenvalue weighted by Gasteiger charge is -2.38. The van der Waals surface area contributed by atoms with Crippen molar-refractivity contribution >= 4 is 5.78 Å². The normalized spacial score (nSPS) is 33.9. The summed E-state index contributed by atoms with van der Waals surface area (Å²) in [5.74, 6) is 0.515. The molecule has 92 valence electrons. The van der Waals surface area contributed by atoms with Crippen LogP contribution < -0.4 is 0 Å². The lowest BCUT2D eigenvalue weighted by atomic mass is 9.91. The summed E-state index contributed by atoms with van der Waals surface area (Å²) in [5.41, 5.74) is 0. The number of carbonyl (C=O) groups excluding carboxylic acids is 1. The number of ether oxygens (including phenoxy) is 1. The molecule has 0 spiro atoms. The second kappa shape index (κ2) is 5.25. The molecule has 2 rings (SSSR count). The van der Waals surface area contributed by atoms with E-state index >= 15 is 0 Å². The Morgan fingerprint density at radius 1 is 1.31 bits per heavy atom. The van der Waals surface area contributed by atoms with Crippen molar-refractivity contribution in [2.24, 2.45) is 5.92 Å². The highest BCUT2D eigenvalue weighted by Crippen LogP contribution is 2.19. The molecule has 4 heteroatoms. The molecule has 0 aromatic rings. The lowest BCUT2D eigenvalue weighted by Crippen LogP contribution is -2.55. The summed E-state index contributed by atoms with van der Waals surface area (Å²) < 4.78 is 5.40. The number of hydrogen-bond donors (Lipinski definition) is 0. The van der Waals surface area contributed by atoms with Crippen LogP contribution in [0.25, 0.3) is 0 Å². The average molecular weight is 226 g/mol. The van der Waals surface area contributed by atoms with Gasteiger partial charge in [0.25, 0.3) is 0 Å². The molecular weight excluding hydrogens is 204 g/mol. The molecule has 4 nitrogen and oxygen atoms in total. The smallest absolute Gasteiger partial charge is 0.156 e. The summed E-state index contributed by atoms with van der Waals surface area (Å²) in [6, 6.07) is 0.0745. The molecule has 2 heterocycles. The van der Waals surface area contributed by atoms with E-state index in [0.717, 1.165) is 39.1 Å². The van der Waals surface area contributed by atoms with Gasteiger partial charge in [-0.25, -0.2) is 0 Å². The van der Waals surface area contributed by atoms with Crippen LogP contribution in [0.3, 0.4) is 0 Å². The maximum Gasteiger partial charge on any atom is 0.156 e. The van der Waals surface area contributed by atoms with Gasteiger partial charge in [-0.2, -0.15) is 0 Å². The fourth-order valence-electron chi connectivity index (χ4n) is 2.55. The zero-order valence-corrected chi connectivity index (χ0v) is 10.3. The Morgan fingerprint density at radius 3 is 2.81 bits per heavy atom. The van der Waals surface area contributed by atoms with Gasteiger partial charge in [-0.1, -0.05) is 0 Å². The molecule has 2 atom stereocenters. The minimum absolute atomic E-state index is 0.0745. The van der Waals surface area contributed by atoms with Crippen molar-refractivity contribution in [3.05, 3.63) is 0 Å². The van der Waals surface area contributed by atoms with E-state index in [4.69, 9.17) is 4.74 Å². The molecule has 0 aromatic heterocycles. The fraction of sp³-hybridized carbons (Fsp3) is 0.917. The van der Waals surface area contributed by atoms with E-state index in [2.05, 4.69) is 23.9 Å². The Hall–Kier alpha value is -0.450. The molecule has 0 saturated carbocycles. The second-order valence-corrected chi connectivity index (χ2v) is 5.08. The lowest BCUT2D eigenvalue weighted by molar-refractivity contribution is -0.133. The second-order valence-electron chi connectivity index (χ2n) is 5.08. The Kier molecular flexibility index (Phi) is 3.95. The Bertz CT molecular complexity index is 251. The summed E-state index contributed by atoms with van der Waals surface area (Å²) in [7, 11) is 4.14. The van der Waals surface area contributed by atoms with Crippen LogP contribution in [0.2, 0.25) is 0 Å². The Morgan fingerprint density at radius 2 is 2.12 bits per heavy atom. The molecule has 16 heavy (non-hydrogen) atoms. The first-order valence-electron chi connectivity index (χ1n) is 6.18. The number of carbonyl (C=O) groups is 1. The van der Waals surface area contributed by atoms with E-state index in [1.54, 1.807) is 0 Å². The Balaban J connectivity index is 1.96. The summed E-state index contributed by atoms with van der Waals surface area (Å²) in [5, 5.41) is 0. The largest absolute Gasteiger partial charge is 0.381 e. The van der Waals surface area contributed by atoms with E-state index in [0.29, 0.717) is 12.4 Å². The van der Waals surface area contributed by atoms with Gasteiger partial charge in [-0.05, 0) is 26.9 Å². The number of nitrogens with zero attached hydrogens (tertiary/aromatic N) is 2. The molecule has 0 N–H and O–H groups in total. The maximum absolute atomic E-state index is 12.4. The van der Waals surface area contributed by atoms with Gasteiger partial charge in [-0.15, -0.1) is 0 Å². The van der Waals surface area contributed by atoms with Crippen LogP contribution in [0.4, 0.5) is 0 Å². The van der Waals surface area contributed by atoms with Gasteiger partial charge < -0.3 is 9.64 Å². The summed E-state index contributed by atoms with van der Waals surface area (Å²) >= 11 is 0. The van der Waals surface area contributed by atoms with E-state index in [9.17, 15) is 4.79 Å². The molecule has 0 bridgehead atoms. The maximum atomic E-state index is 12.4. The van der Waals surface area contributed by atoms with Crippen molar-refractivity contribution in [3.63, 3.8) is 0 Å². The van der Waals surface area contributed by atoms with Crippen molar-refractivity contribution in [1.82, 2.24) is 9.80 Å². The molecule has 0 aromatic carbocycles. The zero-order valence-electron chi connectivity index (χ0n) is 10.3. The van der Waals surface area contributed by atoms with Crippen molar-refractivity contribution in [2.45, 2.75) is 18.9 Å². The number of rotatable bonds is 2. The van der Waals surface area contributed by atoms with Crippen LogP contribution in [0.1, 0.15) is 12.8 Å². The summed E-state index contributed by atoms with van der Waals surface area (Å²) in [6.45, 7) is 4.37. The third-order valence-electron chi connectivity index (χ3n) is 3.74. The van der Waals surface area contributed by atoms with Crippen molar-refractivity contribution in [2.75, 3.05) is 46.9 Å². The molecule has 2 unspecified atom stereocenters. The highest BCUT2D eigenvalue weighted by atomic mass is 16.5. The predicted octanol–water partition coefficient (Wildman–Crippen LogP) is 0.228. The molecule has 0 radical (unpaired) electrons. The first-order valence-corrected chi connectivity index (χ1v) is 6.18. The summed E-state index contributed by atoms with van der Waals surface area (Å²) in [4.78, 5) is 16.8. The molecule has 2 aliphatic rings. The van der Waals surface area contributed by atoms with Crippen LogP contribution in [-0.4, -0.2) is 68.6 Å². The molecule has 0 amide bonds. The number of Topliss-reactive ketones (excluding diaryl/α,β-unsaturated/α-hetero) is 1. The van der Waals surface area contributed by atoms with Gasteiger partial charge in [0.15, 0.2) is 5.78 Å². The van der Waals surface area contributed by atoms with E-state index in [-0.39, 0.29) is 12.0 Å². The highest BCUT2D eigenvalue weighted by Gasteiger charge is 2.33. The van der Waals surface area contributed by atoms with Gasteiger partial charge in [0.05, 0.1) is 12.6 Å². The average Bonchev–Trinajstić information content (AvgIpc) is 2.32.